The zero-order chi connectivity index (χ0) is 18.2. The smallest absolute Gasteiger partial charge is 0.244 e. The predicted octanol–water partition coefficient (Wildman–Crippen LogP) is 4.22. The summed E-state index contributed by atoms with van der Waals surface area (Å²) in [5, 5.41) is 5.42. The third-order valence-electron chi connectivity index (χ3n) is 3.46. The van der Waals surface area contributed by atoms with Gasteiger partial charge in [-0.1, -0.05) is 35.0 Å². The Bertz CT molecular complexity index is 753. The fraction of sp³-hybridized carbons (Fsp3) is 0.263. The molecule has 2 amide bonds. The van der Waals surface area contributed by atoms with Crippen LogP contribution in [0, 0.1) is 0 Å². The summed E-state index contributed by atoms with van der Waals surface area (Å²) in [7, 11) is 0. The molecular weight excluding hydrogens is 400 g/mol. The lowest BCUT2D eigenvalue weighted by atomic mass is 10.2. The maximum Gasteiger partial charge on any atom is 0.244 e. The van der Waals surface area contributed by atoms with E-state index in [0.29, 0.717) is 6.54 Å². The molecule has 132 valence electrons. The molecule has 1 heterocycles. The Morgan fingerprint density at radius 3 is 2.60 bits per heavy atom. The highest BCUT2D eigenvalue weighted by Gasteiger charge is 2.13. The topological polar surface area (TPSA) is 58.2 Å². The molecule has 0 spiro atoms. The van der Waals surface area contributed by atoms with E-state index in [1.54, 1.807) is 24.3 Å². The van der Waals surface area contributed by atoms with Gasteiger partial charge in [0.2, 0.25) is 11.8 Å². The summed E-state index contributed by atoms with van der Waals surface area (Å²) in [4.78, 5) is 25.8. The van der Waals surface area contributed by atoms with E-state index in [1.807, 2.05) is 43.3 Å². The summed E-state index contributed by atoms with van der Waals surface area (Å²) in [6, 6.07) is 11.6. The van der Waals surface area contributed by atoms with Gasteiger partial charge in [-0.2, -0.15) is 0 Å². The Morgan fingerprint density at radius 1 is 1.20 bits per heavy atom. The van der Waals surface area contributed by atoms with Crippen LogP contribution in [0.15, 0.2) is 46.9 Å². The monoisotopic (exact) mass is 420 g/mol. The summed E-state index contributed by atoms with van der Waals surface area (Å²) < 4.78 is 1.04. The first-order chi connectivity index (χ1) is 12.0. The Hall–Kier alpha value is -1.92. The van der Waals surface area contributed by atoms with Crippen molar-refractivity contribution < 1.29 is 9.59 Å². The standard InChI is InChI=1S/C19H21BrN2O2S/c1-3-12-21-19(24)13(2)22-18(23)11-9-16-8-10-17(25-16)14-4-6-15(20)7-5-14/h4-11,13H,3,12H2,1-2H3,(H,21,24)(H,22,23). The van der Waals surface area contributed by atoms with Crippen LogP contribution in [0.1, 0.15) is 25.1 Å². The van der Waals surface area contributed by atoms with Crippen molar-refractivity contribution in [3.05, 3.63) is 51.8 Å². The zero-order valence-corrected chi connectivity index (χ0v) is 16.6. The fourth-order valence-corrected chi connectivity index (χ4v) is 3.28. The van der Waals surface area contributed by atoms with Crippen LogP contribution in [-0.4, -0.2) is 24.4 Å². The number of nitrogens with one attached hydrogen (secondary N) is 2. The van der Waals surface area contributed by atoms with Crippen molar-refractivity contribution in [1.82, 2.24) is 10.6 Å². The third kappa shape index (κ3) is 6.14. The van der Waals surface area contributed by atoms with Crippen LogP contribution >= 0.6 is 27.3 Å². The lowest BCUT2D eigenvalue weighted by Gasteiger charge is -2.12. The molecule has 2 rings (SSSR count). The van der Waals surface area contributed by atoms with E-state index in [2.05, 4.69) is 26.6 Å². The maximum absolute atomic E-state index is 11.9. The number of rotatable bonds is 7. The SMILES string of the molecule is CCCNC(=O)C(C)NC(=O)C=Cc1ccc(-c2ccc(Br)cc2)s1. The van der Waals surface area contributed by atoms with E-state index < -0.39 is 6.04 Å². The molecule has 1 aromatic carbocycles. The van der Waals surface area contributed by atoms with Gasteiger partial charge in [-0.25, -0.2) is 0 Å². The van der Waals surface area contributed by atoms with Gasteiger partial charge in [-0.15, -0.1) is 11.3 Å². The van der Waals surface area contributed by atoms with Gasteiger partial charge in [0.05, 0.1) is 0 Å². The molecular formula is C19H21BrN2O2S. The van der Waals surface area contributed by atoms with Crippen LogP contribution in [0.5, 0.6) is 0 Å². The van der Waals surface area contributed by atoms with Gasteiger partial charge in [-0.3, -0.25) is 9.59 Å². The minimum Gasteiger partial charge on any atom is -0.354 e. The van der Waals surface area contributed by atoms with Crippen molar-refractivity contribution in [3.63, 3.8) is 0 Å². The van der Waals surface area contributed by atoms with Crippen LogP contribution < -0.4 is 10.6 Å². The molecule has 0 saturated carbocycles. The number of hydrogen-bond acceptors (Lipinski definition) is 3. The van der Waals surface area contributed by atoms with Crippen LogP contribution in [-0.2, 0) is 9.59 Å². The molecule has 0 bridgehead atoms. The van der Waals surface area contributed by atoms with Crippen molar-refractivity contribution in [1.29, 1.82) is 0 Å². The predicted molar refractivity (Wildman–Crippen MR) is 107 cm³/mol. The van der Waals surface area contributed by atoms with Crippen LogP contribution in [0.4, 0.5) is 0 Å². The van der Waals surface area contributed by atoms with Gasteiger partial charge in [0.25, 0.3) is 0 Å². The molecule has 1 unspecified atom stereocenters. The number of amides is 2. The Labute approximate surface area is 160 Å². The molecule has 2 aromatic rings. The van der Waals surface area contributed by atoms with Crippen LogP contribution in [0.25, 0.3) is 16.5 Å². The molecule has 2 N–H and O–H groups in total. The van der Waals surface area contributed by atoms with Crippen molar-refractivity contribution in [3.8, 4) is 10.4 Å². The first kappa shape index (κ1) is 19.4. The summed E-state index contributed by atoms with van der Waals surface area (Å²) in [5.41, 5.74) is 1.14. The van der Waals surface area contributed by atoms with Gasteiger partial charge in [-0.05, 0) is 49.2 Å². The number of thiophene rings is 1. The van der Waals surface area contributed by atoms with Crippen LogP contribution in [0.3, 0.4) is 0 Å². The molecule has 0 aliphatic rings. The zero-order valence-electron chi connectivity index (χ0n) is 14.2. The summed E-state index contributed by atoms with van der Waals surface area (Å²) >= 11 is 5.04. The highest BCUT2D eigenvalue weighted by atomic mass is 79.9. The van der Waals surface area contributed by atoms with E-state index in [-0.39, 0.29) is 11.8 Å². The first-order valence-corrected chi connectivity index (χ1v) is 9.72. The average Bonchev–Trinajstić information content (AvgIpc) is 3.07. The van der Waals surface area contributed by atoms with E-state index in [4.69, 9.17) is 0 Å². The van der Waals surface area contributed by atoms with Gasteiger partial charge in [0.1, 0.15) is 6.04 Å². The van der Waals surface area contributed by atoms with Gasteiger partial charge in [0.15, 0.2) is 0 Å². The molecule has 1 aromatic heterocycles. The van der Waals surface area contributed by atoms with Gasteiger partial charge < -0.3 is 10.6 Å². The lowest BCUT2D eigenvalue weighted by molar-refractivity contribution is -0.126. The van der Waals surface area contributed by atoms with Gasteiger partial charge >= 0.3 is 0 Å². The molecule has 0 saturated heterocycles. The highest BCUT2D eigenvalue weighted by molar-refractivity contribution is 9.10. The molecule has 0 radical (unpaired) electrons. The molecule has 0 aliphatic heterocycles. The first-order valence-electron chi connectivity index (χ1n) is 8.11. The Morgan fingerprint density at radius 2 is 1.92 bits per heavy atom. The van der Waals surface area contributed by atoms with E-state index in [9.17, 15) is 9.59 Å². The fourth-order valence-electron chi connectivity index (χ4n) is 2.10. The largest absolute Gasteiger partial charge is 0.354 e. The molecule has 25 heavy (non-hydrogen) atoms. The number of benzene rings is 1. The quantitative estimate of drug-likeness (QED) is 0.658. The van der Waals surface area contributed by atoms with Crippen molar-refractivity contribution in [2.24, 2.45) is 0 Å². The summed E-state index contributed by atoms with van der Waals surface area (Å²) in [6.07, 6.45) is 4.09. The number of carbonyl (C=O) groups is 2. The number of halogens is 1. The summed E-state index contributed by atoms with van der Waals surface area (Å²) in [5.74, 6) is -0.449. The molecule has 4 nitrogen and oxygen atoms in total. The maximum atomic E-state index is 11.9. The molecule has 1 atom stereocenters. The number of hydrogen-bond donors (Lipinski definition) is 2. The van der Waals surface area contributed by atoms with Crippen molar-refractivity contribution in [2.45, 2.75) is 26.3 Å². The minimum absolute atomic E-state index is 0.169. The normalized spacial score (nSPS) is 12.1. The second-order valence-corrected chi connectivity index (χ2v) is 7.59. The molecule has 0 fully saturated rings. The highest BCUT2D eigenvalue weighted by Crippen LogP contribution is 2.29. The Balaban J connectivity index is 1.92. The van der Waals surface area contributed by atoms with Crippen molar-refractivity contribution >= 4 is 45.2 Å². The molecule has 0 aliphatic carbocycles. The van der Waals surface area contributed by atoms with E-state index >= 15 is 0 Å². The van der Waals surface area contributed by atoms with E-state index in [0.717, 1.165) is 26.2 Å². The Kier molecular flexibility index (Phi) is 7.40. The summed E-state index contributed by atoms with van der Waals surface area (Å²) in [6.45, 7) is 4.27. The minimum atomic E-state index is -0.551. The van der Waals surface area contributed by atoms with Crippen LogP contribution in [0.2, 0.25) is 0 Å². The second-order valence-electron chi connectivity index (χ2n) is 5.56. The number of carbonyl (C=O) groups excluding carboxylic acids is 2. The third-order valence-corrected chi connectivity index (χ3v) is 5.08. The lowest BCUT2D eigenvalue weighted by Crippen LogP contribution is -2.44. The van der Waals surface area contributed by atoms with Crippen molar-refractivity contribution in [2.75, 3.05) is 6.54 Å². The molecule has 6 heteroatoms. The average molecular weight is 421 g/mol. The second kappa shape index (κ2) is 9.53. The van der Waals surface area contributed by atoms with E-state index in [1.165, 1.54) is 6.08 Å². The van der Waals surface area contributed by atoms with Gasteiger partial charge in [0, 0.05) is 26.8 Å².